The Kier molecular flexibility index (Phi) is 4.12. The van der Waals surface area contributed by atoms with E-state index in [2.05, 4.69) is 17.1 Å². The van der Waals surface area contributed by atoms with E-state index < -0.39 is 5.54 Å². The van der Waals surface area contributed by atoms with Crippen molar-refractivity contribution >= 4 is 0 Å². The number of ether oxygens (including phenoxy) is 1. The van der Waals surface area contributed by atoms with Crippen molar-refractivity contribution in [3.8, 4) is 0 Å². The van der Waals surface area contributed by atoms with Gasteiger partial charge in [0, 0.05) is 6.61 Å². The smallest absolute Gasteiger partial charge is 0.246 e. The minimum atomic E-state index is -0.408. The zero-order valence-corrected chi connectivity index (χ0v) is 10.4. The van der Waals surface area contributed by atoms with Gasteiger partial charge in [0.2, 0.25) is 5.89 Å². The molecular formula is C12H21N3O2. The normalized spacial score (nSPS) is 19.4. The van der Waals surface area contributed by atoms with E-state index >= 15 is 0 Å². The summed E-state index contributed by atoms with van der Waals surface area (Å²) in [5, 5.41) is 3.92. The van der Waals surface area contributed by atoms with E-state index in [0.717, 1.165) is 38.7 Å². The van der Waals surface area contributed by atoms with Gasteiger partial charge in [-0.1, -0.05) is 31.3 Å². The first kappa shape index (κ1) is 12.5. The number of nitrogens with two attached hydrogens (primary N) is 1. The molecule has 17 heavy (non-hydrogen) atoms. The third-order valence-electron chi connectivity index (χ3n) is 3.22. The molecule has 0 aromatic carbocycles. The van der Waals surface area contributed by atoms with E-state index in [-0.39, 0.29) is 0 Å². The van der Waals surface area contributed by atoms with Gasteiger partial charge in [-0.05, 0) is 19.3 Å². The Labute approximate surface area is 102 Å². The molecule has 0 aliphatic heterocycles. The average Bonchev–Trinajstić information content (AvgIpc) is 2.80. The summed E-state index contributed by atoms with van der Waals surface area (Å²) in [7, 11) is 0. The molecule has 0 unspecified atom stereocenters. The third-order valence-corrected chi connectivity index (χ3v) is 3.22. The minimum Gasteiger partial charge on any atom is -0.373 e. The summed E-state index contributed by atoms with van der Waals surface area (Å²) in [6.07, 6.45) is 6.39. The third kappa shape index (κ3) is 3.04. The van der Waals surface area contributed by atoms with Crippen molar-refractivity contribution in [3.05, 3.63) is 11.7 Å². The lowest BCUT2D eigenvalue weighted by Crippen LogP contribution is -2.39. The Morgan fingerprint density at radius 2 is 2.12 bits per heavy atom. The maximum absolute atomic E-state index is 6.31. The van der Waals surface area contributed by atoms with E-state index in [1.807, 2.05) is 0 Å². The molecule has 1 heterocycles. The fraction of sp³-hybridized carbons (Fsp3) is 0.833. The van der Waals surface area contributed by atoms with Gasteiger partial charge in [0.05, 0.1) is 5.54 Å². The maximum atomic E-state index is 6.31. The van der Waals surface area contributed by atoms with E-state index in [1.165, 1.54) is 6.42 Å². The van der Waals surface area contributed by atoms with Crippen LogP contribution in [0.2, 0.25) is 0 Å². The van der Waals surface area contributed by atoms with Crippen LogP contribution in [0.3, 0.4) is 0 Å². The van der Waals surface area contributed by atoms with E-state index in [1.54, 1.807) is 0 Å². The molecule has 1 fully saturated rings. The monoisotopic (exact) mass is 239 g/mol. The number of hydrogen-bond donors (Lipinski definition) is 1. The van der Waals surface area contributed by atoms with Crippen LogP contribution in [-0.4, -0.2) is 16.7 Å². The van der Waals surface area contributed by atoms with Gasteiger partial charge in [-0.3, -0.25) is 0 Å². The molecule has 2 rings (SSSR count). The fourth-order valence-corrected chi connectivity index (χ4v) is 2.22. The molecule has 1 aliphatic carbocycles. The standard InChI is InChI=1S/C12H21N3O2/c1-2-8-16-9-10-14-11(17-15-10)12(13)6-4-3-5-7-12/h2-9,13H2,1H3. The highest BCUT2D eigenvalue weighted by Gasteiger charge is 2.35. The first-order chi connectivity index (χ1) is 8.24. The summed E-state index contributed by atoms with van der Waals surface area (Å²) in [6, 6.07) is 0. The molecule has 0 spiro atoms. The van der Waals surface area contributed by atoms with Crippen LogP contribution in [-0.2, 0) is 16.9 Å². The molecule has 0 amide bonds. The van der Waals surface area contributed by atoms with Crippen LogP contribution < -0.4 is 5.73 Å². The van der Waals surface area contributed by atoms with Gasteiger partial charge in [0.1, 0.15) is 6.61 Å². The average molecular weight is 239 g/mol. The maximum Gasteiger partial charge on any atom is 0.246 e. The Hall–Kier alpha value is -0.940. The Balaban J connectivity index is 1.96. The summed E-state index contributed by atoms with van der Waals surface area (Å²) in [4.78, 5) is 4.35. The lowest BCUT2D eigenvalue weighted by atomic mass is 9.82. The van der Waals surface area contributed by atoms with Gasteiger partial charge in [0.15, 0.2) is 5.82 Å². The van der Waals surface area contributed by atoms with E-state index in [0.29, 0.717) is 18.3 Å². The van der Waals surface area contributed by atoms with Crippen LogP contribution in [0, 0.1) is 0 Å². The fourth-order valence-electron chi connectivity index (χ4n) is 2.22. The summed E-state index contributed by atoms with van der Waals surface area (Å²) in [5.74, 6) is 1.18. The van der Waals surface area contributed by atoms with Gasteiger partial charge in [0.25, 0.3) is 0 Å². The van der Waals surface area contributed by atoms with E-state index in [9.17, 15) is 0 Å². The van der Waals surface area contributed by atoms with Crippen molar-refractivity contribution in [1.29, 1.82) is 0 Å². The SMILES string of the molecule is CCCOCc1noc(C2(N)CCCCC2)n1. The number of aromatic nitrogens is 2. The van der Waals surface area contributed by atoms with Crippen molar-refractivity contribution in [1.82, 2.24) is 10.1 Å². The Morgan fingerprint density at radius 1 is 1.35 bits per heavy atom. The topological polar surface area (TPSA) is 74.2 Å². The molecule has 1 saturated carbocycles. The van der Waals surface area contributed by atoms with Gasteiger partial charge in [-0.15, -0.1) is 0 Å². The summed E-state index contributed by atoms with van der Waals surface area (Å²) in [6.45, 7) is 3.20. The molecule has 0 radical (unpaired) electrons. The predicted molar refractivity (Wildman–Crippen MR) is 63.2 cm³/mol. The van der Waals surface area contributed by atoms with Crippen LogP contribution in [0.1, 0.15) is 57.2 Å². The molecule has 1 aromatic heterocycles. The lowest BCUT2D eigenvalue weighted by Gasteiger charge is -2.29. The van der Waals surface area contributed by atoms with Crippen molar-refractivity contribution in [2.75, 3.05) is 6.61 Å². The molecule has 96 valence electrons. The van der Waals surface area contributed by atoms with Crippen LogP contribution in [0.5, 0.6) is 0 Å². The van der Waals surface area contributed by atoms with Crippen molar-refractivity contribution in [2.24, 2.45) is 5.73 Å². The Morgan fingerprint density at radius 3 is 2.82 bits per heavy atom. The zero-order chi connectivity index (χ0) is 12.1. The predicted octanol–water partition coefficient (Wildman–Crippen LogP) is 2.11. The first-order valence-electron chi connectivity index (χ1n) is 6.44. The zero-order valence-electron chi connectivity index (χ0n) is 10.4. The van der Waals surface area contributed by atoms with Crippen LogP contribution in [0.4, 0.5) is 0 Å². The number of nitrogens with zero attached hydrogens (tertiary/aromatic N) is 2. The van der Waals surface area contributed by atoms with Gasteiger partial charge in [-0.2, -0.15) is 4.98 Å². The molecule has 1 aromatic rings. The molecule has 5 heteroatoms. The first-order valence-corrected chi connectivity index (χ1v) is 6.44. The van der Waals surface area contributed by atoms with Gasteiger partial charge in [-0.25, -0.2) is 0 Å². The second kappa shape index (κ2) is 5.60. The number of hydrogen-bond acceptors (Lipinski definition) is 5. The summed E-state index contributed by atoms with van der Waals surface area (Å²) < 4.78 is 10.6. The largest absolute Gasteiger partial charge is 0.373 e. The summed E-state index contributed by atoms with van der Waals surface area (Å²) in [5.41, 5.74) is 5.90. The van der Waals surface area contributed by atoms with Crippen molar-refractivity contribution < 1.29 is 9.26 Å². The second-order valence-corrected chi connectivity index (χ2v) is 4.79. The minimum absolute atomic E-state index is 0.408. The van der Waals surface area contributed by atoms with E-state index in [4.69, 9.17) is 15.0 Å². The second-order valence-electron chi connectivity index (χ2n) is 4.79. The molecule has 0 bridgehead atoms. The van der Waals surface area contributed by atoms with Gasteiger partial charge < -0.3 is 15.0 Å². The van der Waals surface area contributed by atoms with Crippen molar-refractivity contribution in [2.45, 2.75) is 57.6 Å². The molecule has 5 nitrogen and oxygen atoms in total. The lowest BCUT2D eigenvalue weighted by molar-refractivity contribution is 0.114. The molecule has 2 N–H and O–H groups in total. The molecule has 0 saturated heterocycles. The highest BCUT2D eigenvalue weighted by atomic mass is 16.5. The highest BCUT2D eigenvalue weighted by molar-refractivity contribution is 5.03. The summed E-state index contributed by atoms with van der Waals surface area (Å²) >= 11 is 0. The van der Waals surface area contributed by atoms with Crippen LogP contribution in [0.15, 0.2) is 4.52 Å². The quantitative estimate of drug-likeness (QED) is 0.796. The van der Waals surface area contributed by atoms with Crippen LogP contribution >= 0.6 is 0 Å². The molecular weight excluding hydrogens is 218 g/mol. The van der Waals surface area contributed by atoms with Crippen molar-refractivity contribution in [3.63, 3.8) is 0 Å². The number of rotatable bonds is 5. The highest BCUT2D eigenvalue weighted by Crippen LogP contribution is 2.33. The van der Waals surface area contributed by atoms with Crippen LogP contribution in [0.25, 0.3) is 0 Å². The molecule has 0 atom stereocenters. The Bertz CT molecular complexity index is 345. The van der Waals surface area contributed by atoms with Gasteiger partial charge >= 0.3 is 0 Å². The molecule has 1 aliphatic rings.